The standard InChI is InChI=1S/C14H27NOS/c1-11-6-8-12(9-7-11)15(5)13(16)10-17-14(2,3)4/h11-12H,6-10H2,1-5H3. The van der Waals surface area contributed by atoms with Crippen LogP contribution < -0.4 is 0 Å². The van der Waals surface area contributed by atoms with Crippen molar-refractivity contribution >= 4 is 17.7 Å². The average Bonchev–Trinajstić information content (AvgIpc) is 2.25. The molecule has 0 aromatic rings. The summed E-state index contributed by atoms with van der Waals surface area (Å²) in [4.78, 5) is 14.1. The predicted octanol–water partition coefficient (Wildman–Crippen LogP) is 3.56. The summed E-state index contributed by atoms with van der Waals surface area (Å²) >= 11 is 1.74. The van der Waals surface area contributed by atoms with Crippen LogP contribution in [0, 0.1) is 5.92 Å². The van der Waals surface area contributed by atoms with E-state index in [1.54, 1.807) is 11.8 Å². The van der Waals surface area contributed by atoms with Crippen molar-refractivity contribution in [3.63, 3.8) is 0 Å². The molecule has 0 unspecified atom stereocenters. The van der Waals surface area contributed by atoms with E-state index in [1.807, 2.05) is 11.9 Å². The molecule has 1 saturated carbocycles. The largest absolute Gasteiger partial charge is 0.342 e. The maximum atomic E-state index is 12.1. The zero-order chi connectivity index (χ0) is 13.1. The molecule has 0 atom stereocenters. The summed E-state index contributed by atoms with van der Waals surface area (Å²) in [5, 5.41) is 0. The van der Waals surface area contributed by atoms with E-state index >= 15 is 0 Å². The highest BCUT2D eigenvalue weighted by Crippen LogP contribution is 2.28. The molecule has 0 aromatic heterocycles. The van der Waals surface area contributed by atoms with Crippen LogP contribution in [0.5, 0.6) is 0 Å². The van der Waals surface area contributed by atoms with E-state index in [1.165, 1.54) is 25.7 Å². The Morgan fingerprint density at radius 2 is 1.76 bits per heavy atom. The van der Waals surface area contributed by atoms with Gasteiger partial charge in [0.2, 0.25) is 5.91 Å². The lowest BCUT2D eigenvalue weighted by Crippen LogP contribution is -2.40. The molecule has 0 N–H and O–H groups in total. The molecule has 0 saturated heterocycles. The van der Waals surface area contributed by atoms with Gasteiger partial charge in [0.15, 0.2) is 0 Å². The third-order valence-corrected chi connectivity index (χ3v) is 4.81. The highest BCUT2D eigenvalue weighted by Gasteiger charge is 2.25. The van der Waals surface area contributed by atoms with Crippen LogP contribution in [0.25, 0.3) is 0 Å². The normalized spacial score (nSPS) is 25.7. The first-order chi connectivity index (χ1) is 7.79. The lowest BCUT2D eigenvalue weighted by Gasteiger charge is -2.34. The van der Waals surface area contributed by atoms with Crippen LogP contribution in [-0.2, 0) is 4.79 Å². The molecular weight excluding hydrogens is 230 g/mol. The third-order valence-electron chi connectivity index (χ3n) is 3.56. The van der Waals surface area contributed by atoms with Gasteiger partial charge < -0.3 is 4.90 Å². The molecule has 0 aliphatic heterocycles. The Morgan fingerprint density at radius 3 is 2.24 bits per heavy atom. The first-order valence-corrected chi connectivity index (χ1v) is 7.68. The molecule has 1 rings (SSSR count). The van der Waals surface area contributed by atoms with E-state index < -0.39 is 0 Å². The molecule has 0 heterocycles. The highest BCUT2D eigenvalue weighted by atomic mass is 32.2. The first kappa shape index (κ1) is 14.9. The van der Waals surface area contributed by atoms with E-state index in [0.717, 1.165) is 5.92 Å². The van der Waals surface area contributed by atoms with E-state index in [4.69, 9.17) is 0 Å². The Balaban J connectivity index is 2.36. The van der Waals surface area contributed by atoms with Gasteiger partial charge in [-0.2, -0.15) is 0 Å². The van der Waals surface area contributed by atoms with E-state index in [2.05, 4.69) is 27.7 Å². The smallest absolute Gasteiger partial charge is 0.232 e. The quantitative estimate of drug-likeness (QED) is 0.770. The van der Waals surface area contributed by atoms with Gasteiger partial charge in [-0.25, -0.2) is 0 Å². The van der Waals surface area contributed by atoms with Crippen molar-refractivity contribution in [3.8, 4) is 0 Å². The number of hydrogen-bond acceptors (Lipinski definition) is 2. The van der Waals surface area contributed by atoms with Crippen LogP contribution in [0.1, 0.15) is 53.4 Å². The second-order valence-electron chi connectivity index (χ2n) is 6.32. The van der Waals surface area contributed by atoms with Gasteiger partial charge >= 0.3 is 0 Å². The number of nitrogens with zero attached hydrogens (tertiary/aromatic N) is 1. The maximum Gasteiger partial charge on any atom is 0.232 e. The zero-order valence-corrected chi connectivity index (χ0v) is 12.8. The van der Waals surface area contributed by atoms with Gasteiger partial charge in [0, 0.05) is 17.8 Å². The van der Waals surface area contributed by atoms with E-state index in [0.29, 0.717) is 17.7 Å². The summed E-state index contributed by atoms with van der Waals surface area (Å²) in [5.41, 5.74) is 0. The average molecular weight is 257 g/mol. The summed E-state index contributed by atoms with van der Waals surface area (Å²) in [6, 6.07) is 0.485. The van der Waals surface area contributed by atoms with Crippen molar-refractivity contribution in [1.82, 2.24) is 4.90 Å². The molecule has 0 spiro atoms. The second kappa shape index (κ2) is 6.12. The molecule has 2 nitrogen and oxygen atoms in total. The Kier molecular flexibility index (Phi) is 5.36. The Bertz CT molecular complexity index is 251. The summed E-state index contributed by atoms with van der Waals surface area (Å²) in [6.07, 6.45) is 4.91. The molecule has 0 radical (unpaired) electrons. The van der Waals surface area contributed by atoms with Crippen molar-refractivity contribution in [3.05, 3.63) is 0 Å². The van der Waals surface area contributed by atoms with Crippen LogP contribution in [-0.4, -0.2) is 34.4 Å². The van der Waals surface area contributed by atoms with Crippen molar-refractivity contribution in [2.24, 2.45) is 5.92 Å². The van der Waals surface area contributed by atoms with Crippen molar-refractivity contribution in [2.75, 3.05) is 12.8 Å². The molecule has 1 aliphatic rings. The summed E-state index contributed by atoms with van der Waals surface area (Å²) in [6.45, 7) is 8.79. The van der Waals surface area contributed by atoms with Gasteiger partial charge in [-0.1, -0.05) is 27.7 Å². The van der Waals surface area contributed by atoms with Crippen LogP contribution in [0.15, 0.2) is 0 Å². The monoisotopic (exact) mass is 257 g/mol. The molecule has 0 aromatic carbocycles. The molecular formula is C14H27NOS. The van der Waals surface area contributed by atoms with E-state index in [-0.39, 0.29) is 4.75 Å². The fourth-order valence-corrected chi connectivity index (χ4v) is 2.97. The third kappa shape index (κ3) is 5.33. The lowest BCUT2D eigenvalue weighted by molar-refractivity contribution is -0.129. The molecule has 0 bridgehead atoms. The fourth-order valence-electron chi connectivity index (χ4n) is 2.21. The van der Waals surface area contributed by atoms with Crippen LogP contribution in [0.3, 0.4) is 0 Å². The van der Waals surface area contributed by atoms with Crippen molar-refractivity contribution in [2.45, 2.75) is 64.2 Å². The van der Waals surface area contributed by atoms with Crippen LogP contribution >= 0.6 is 11.8 Å². The molecule has 1 amide bonds. The molecule has 1 aliphatic carbocycles. The number of carbonyl (C=O) groups is 1. The number of hydrogen-bond donors (Lipinski definition) is 0. The molecule has 3 heteroatoms. The number of thioether (sulfide) groups is 1. The van der Waals surface area contributed by atoms with Gasteiger partial charge in [-0.15, -0.1) is 11.8 Å². The van der Waals surface area contributed by atoms with Gasteiger partial charge in [0.25, 0.3) is 0 Å². The minimum absolute atomic E-state index is 0.178. The van der Waals surface area contributed by atoms with Crippen LogP contribution in [0.4, 0.5) is 0 Å². The highest BCUT2D eigenvalue weighted by molar-refractivity contribution is 8.01. The fraction of sp³-hybridized carbons (Fsp3) is 0.929. The van der Waals surface area contributed by atoms with Crippen molar-refractivity contribution in [1.29, 1.82) is 0 Å². The number of rotatable bonds is 3. The summed E-state index contributed by atoms with van der Waals surface area (Å²) in [5.74, 6) is 1.76. The zero-order valence-electron chi connectivity index (χ0n) is 12.0. The summed E-state index contributed by atoms with van der Waals surface area (Å²) in [7, 11) is 1.98. The maximum absolute atomic E-state index is 12.1. The Labute approximate surface area is 111 Å². The Hall–Kier alpha value is -0.180. The molecule has 1 fully saturated rings. The minimum atomic E-state index is 0.178. The SMILES string of the molecule is CC1CCC(N(C)C(=O)CSC(C)(C)C)CC1. The number of amides is 1. The lowest BCUT2D eigenvalue weighted by atomic mass is 9.87. The van der Waals surface area contributed by atoms with Gasteiger partial charge in [-0.05, 0) is 31.6 Å². The van der Waals surface area contributed by atoms with Gasteiger partial charge in [-0.3, -0.25) is 4.79 Å². The second-order valence-corrected chi connectivity index (χ2v) is 8.12. The van der Waals surface area contributed by atoms with Crippen LogP contribution in [0.2, 0.25) is 0 Å². The predicted molar refractivity (Wildman–Crippen MR) is 76.4 cm³/mol. The number of carbonyl (C=O) groups excluding carboxylic acids is 1. The molecule has 100 valence electrons. The topological polar surface area (TPSA) is 20.3 Å². The summed E-state index contributed by atoms with van der Waals surface area (Å²) < 4.78 is 0.178. The van der Waals surface area contributed by atoms with Gasteiger partial charge in [0.05, 0.1) is 5.75 Å². The van der Waals surface area contributed by atoms with Crippen molar-refractivity contribution < 1.29 is 4.79 Å². The minimum Gasteiger partial charge on any atom is -0.342 e. The van der Waals surface area contributed by atoms with Gasteiger partial charge in [0.1, 0.15) is 0 Å². The van der Waals surface area contributed by atoms with E-state index in [9.17, 15) is 4.79 Å². The first-order valence-electron chi connectivity index (χ1n) is 6.69. The molecule has 17 heavy (non-hydrogen) atoms. The Morgan fingerprint density at radius 1 is 1.24 bits per heavy atom.